The van der Waals surface area contributed by atoms with Crippen LogP contribution in [0.3, 0.4) is 0 Å². The van der Waals surface area contributed by atoms with E-state index < -0.39 is 21.7 Å². The molecule has 9 heteroatoms. The molecule has 6 nitrogen and oxygen atoms in total. The molecule has 4 N–H and O–H groups in total. The number of hydrogen-bond acceptors (Lipinski definition) is 3. The van der Waals surface area contributed by atoms with E-state index in [1.54, 1.807) is 0 Å². The number of rotatable bonds is 6. The van der Waals surface area contributed by atoms with Gasteiger partial charge in [0.15, 0.2) is 15.8 Å². The highest BCUT2D eigenvalue weighted by Crippen LogP contribution is 2.25. The van der Waals surface area contributed by atoms with Crippen molar-refractivity contribution >= 4 is 45.7 Å². The van der Waals surface area contributed by atoms with Crippen LogP contribution in [0.15, 0.2) is 58.4 Å². The van der Waals surface area contributed by atoms with Crippen molar-refractivity contribution in [2.24, 2.45) is 16.5 Å². The summed E-state index contributed by atoms with van der Waals surface area (Å²) in [5.74, 6) is -1.20. The minimum Gasteiger partial charge on any atom is -0.370 e. The van der Waals surface area contributed by atoms with Gasteiger partial charge in [0.25, 0.3) is 5.91 Å². The lowest BCUT2D eigenvalue weighted by Crippen LogP contribution is -2.24. The highest BCUT2D eigenvalue weighted by atomic mass is 35.5. The standard InChI is InChI=1S/C17H18ClN3O3S.ClH/c18-14-9-8-13(16(22)21-17(19)20)11-15(14)25(23,24)10-4-7-12-5-2-1-3-6-12;/h1-3,5-6,8-9,11H,4,7,10H2,(H4,19,20,21,22);1H. The largest absolute Gasteiger partial charge is 0.370 e. The smallest absolute Gasteiger partial charge is 0.280 e. The van der Waals surface area contributed by atoms with E-state index in [-0.39, 0.29) is 33.6 Å². The summed E-state index contributed by atoms with van der Waals surface area (Å²) in [6, 6.07) is 13.5. The van der Waals surface area contributed by atoms with Crippen molar-refractivity contribution in [3.63, 3.8) is 0 Å². The van der Waals surface area contributed by atoms with Gasteiger partial charge in [-0.3, -0.25) is 4.79 Å². The first kappa shape index (κ1) is 22.0. The lowest BCUT2D eigenvalue weighted by molar-refractivity contribution is 0.100. The third-order valence-electron chi connectivity index (χ3n) is 3.47. The van der Waals surface area contributed by atoms with Crippen LogP contribution in [0.2, 0.25) is 5.02 Å². The molecule has 0 unspecified atom stereocenters. The van der Waals surface area contributed by atoms with Gasteiger partial charge in [0.1, 0.15) is 0 Å². The van der Waals surface area contributed by atoms with Gasteiger partial charge in [-0.05, 0) is 36.6 Å². The van der Waals surface area contributed by atoms with Gasteiger partial charge in [0.05, 0.1) is 15.7 Å². The molecule has 0 heterocycles. The Morgan fingerprint density at radius 1 is 1.08 bits per heavy atom. The van der Waals surface area contributed by atoms with E-state index >= 15 is 0 Å². The van der Waals surface area contributed by atoms with Crippen LogP contribution in [-0.2, 0) is 16.3 Å². The molecular weight excluding hydrogens is 397 g/mol. The normalized spacial score (nSPS) is 10.7. The van der Waals surface area contributed by atoms with Crippen LogP contribution >= 0.6 is 24.0 Å². The maximum atomic E-state index is 12.6. The zero-order valence-corrected chi connectivity index (χ0v) is 16.2. The van der Waals surface area contributed by atoms with Gasteiger partial charge in [-0.1, -0.05) is 41.9 Å². The number of benzene rings is 2. The SMILES string of the molecule is Cl.NC(N)=NC(=O)c1ccc(Cl)c(S(=O)(=O)CCCc2ccccc2)c1. The van der Waals surface area contributed by atoms with Crippen LogP contribution in [0.4, 0.5) is 0 Å². The molecule has 2 aromatic rings. The van der Waals surface area contributed by atoms with Crippen molar-refractivity contribution in [2.75, 3.05) is 5.75 Å². The third kappa shape index (κ3) is 6.01. The van der Waals surface area contributed by atoms with E-state index in [9.17, 15) is 13.2 Å². The molecule has 0 aliphatic heterocycles. The Labute approximate surface area is 163 Å². The molecule has 0 aliphatic rings. The highest BCUT2D eigenvalue weighted by molar-refractivity contribution is 7.91. The Balaban J connectivity index is 0.00000338. The number of aliphatic imine (C=N–C) groups is 1. The van der Waals surface area contributed by atoms with Crippen LogP contribution in [0, 0.1) is 0 Å². The molecule has 0 aliphatic carbocycles. The van der Waals surface area contributed by atoms with Gasteiger partial charge in [-0.15, -0.1) is 12.4 Å². The van der Waals surface area contributed by atoms with Gasteiger partial charge in [0.2, 0.25) is 0 Å². The number of nitrogens with zero attached hydrogens (tertiary/aromatic N) is 1. The third-order valence-corrected chi connectivity index (χ3v) is 5.74. The zero-order valence-electron chi connectivity index (χ0n) is 13.8. The van der Waals surface area contributed by atoms with Crippen LogP contribution < -0.4 is 11.5 Å². The van der Waals surface area contributed by atoms with E-state index in [1.807, 2.05) is 30.3 Å². The van der Waals surface area contributed by atoms with E-state index in [1.165, 1.54) is 18.2 Å². The molecule has 0 saturated heterocycles. The molecule has 0 aromatic heterocycles. The van der Waals surface area contributed by atoms with Gasteiger partial charge in [0, 0.05) is 5.56 Å². The average Bonchev–Trinajstić information content (AvgIpc) is 2.55. The summed E-state index contributed by atoms with van der Waals surface area (Å²) in [4.78, 5) is 15.2. The lowest BCUT2D eigenvalue weighted by Gasteiger charge is -2.08. The molecule has 1 amide bonds. The number of guanidine groups is 1. The number of aryl methyl sites for hydroxylation is 1. The predicted molar refractivity (Wildman–Crippen MR) is 106 cm³/mol. The molecule has 0 spiro atoms. The second-order valence-corrected chi connectivity index (χ2v) is 7.88. The Hall–Kier alpha value is -2.09. The Bertz CT molecular complexity index is 897. The van der Waals surface area contributed by atoms with Crippen LogP contribution in [0.5, 0.6) is 0 Å². The Morgan fingerprint density at radius 3 is 2.35 bits per heavy atom. The maximum absolute atomic E-state index is 12.6. The van der Waals surface area contributed by atoms with Crippen LogP contribution in [0.25, 0.3) is 0 Å². The summed E-state index contributed by atoms with van der Waals surface area (Å²) in [6.45, 7) is 0. The van der Waals surface area contributed by atoms with Crippen molar-refractivity contribution in [3.05, 3.63) is 64.7 Å². The summed E-state index contributed by atoms with van der Waals surface area (Å²) in [5, 5.41) is 0.0564. The molecule has 26 heavy (non-hydrogen) atoms. The van der Waals surface area contributed by atoms with Crippen molar-refractivity contribution < 1.29 is 13.2 Å². The number of nitrogens with two attached hydrogens (primary N) is 2. The Morgan fingerprint density at radius 2 is 1.73 bits per heavy atom. The molecule has 0 bridgehead atoms. The summed E-state index contributed by atoms with van der Waals surface area (Å²) in [6.07, 6.45) is 1.07. The monoisotopic (exact) mass is 415 g/mol. The summed E-state index contributed by atoms with van der Waals surface area (Å²) < 4.78 is 25.1. The molecule has 2 aromatic carbocycles. The van der Waals surface area contributed by atoms with Crippen molar-refractivity contribution in [1.29, 1.82) is 0 Å². The molecule has 0 radical (unpaired) electrons. The minimum absolute atomic E-state index is 0. The molecule has 2 rings (SSSR count). The first-order valence-electron chi connectivity index (χ1n) is 7.50. The molecule has 0 saturated carbocycles. The molecule has 0 atom stereocenters. The fraction of sp³-hybridized carbons (Fsp3) is 0.176. The summed E-state index contributed by atoms with van der Waals surface area (Å²) >= 11 is 6.01. The fourth-order valence-corrected chi connectivity index (χ4v) is 4.16. The molecule has 0 fully saturated rings. The number of amides is 1. The number of carbonyl (C=O) groups is 1. The number of sulfone groups is 1. The number of hydrogen-bond donors (Lipinski definition) is 2. The second kappa shape index (κ2) is 9.56. The molecular formula is C17H19Cl2N3O3S. The lowest BCUT2D eigenvalue weighted by atomic mass is 10.1. The predicted octanol–water partition coefficient (Wildman–Crippen LogP) is 2.58. The van der Waals surface area contributed by atoms with Gasteiger partial charge >= 0.3 is 0 Å². The number of carbonyl (C=O) groups excluding carboxylic acids is 1. The van der Waals surface area contributed by atoms with Crippen molar-refractivity contribution in [2.45, 2.75) is 17.7 Å². The van der Waals surface area contributed by atoms with Crippen molar-refractivity contribution in [3.8, 4) is 0 Å². The van der Waals surface area contributed by atoms with Crippen molar-refractivity contribution in [1.82, 2.24) is 0 Å². The fourth-order valence-electron chi connectivity index (χ4n) is 2.28. The van der Waals surface area contributed by atoms with E-state index in [0.717, 1.165) is 5.56 Å². The van der Waals surface area contributed by atoms with Crippen LogP contribution in [-0.4, -0.2) is 26.0 Å². The topological polar surface area (TPSA) is 116 Å². The summed E-state index contributed by atoms with van der Waals surface area (Å²) in [5.41, 5.74) is 11.4. The molecule has 140 valence electrons. The van der Waals surface area contributed by atoms with Crippen LogP contribution in [0.1, 0.15) is 22.3 Å². The van der Waals surface area contributed by atoms with Gasteiger partial charge in [-0.25, -0.2) is 8.42 Å². The minimum atomic E-state index is -3.64. The average molecular weight is 416 g/mol. The van der Waals surface area contributed by atoms with Gasteiger partial charge < -0.3 is 11.5 Å². The van der Waals surface area contributed by atoms with E-state index in [4.69, 9.17) is 23.1 Å². The first-order chi connectivity index (χ1) is 11.8. The maximum Gasteiger partial charge on any atom is 0.280 e. The number of halogens is 2. The second-order valence-electron chi connectivity index (χ2n) is 5.40. The first-order valence-corrected chi connectivity index (χ1v) is 9.53. The highest BCUT2D eigenvalue weighted by Gasteiger charge is 2.20. The zero-order chi connectivity index (χ0) is 18.4. The summed E-state index contributed by atoms with van der Waals surface area (Å²) in [7, 11) is -3.64. The quantitative estimate of drug-likeness (QED) is 0.555. The van der Waals surface area contributed by atoms with Gasteiger partial charge in [-0.2, -0.15) is 4.99 Å². The van der Waals surface area contributed by atoms with E-state index in [2.05, 4.69) is 4.99 Å². The Kier molecular flexibility index (Phi) is 8.08. The van der Waals surface area contributed by atoms with E-state index in [0.29, 0.717) is 12.8 Å².